The fraction of sp³-hybridized carbons (Fsp3) is 0.447. The van der Waals surface area contributed by atoms with E-state index in [2.05, 4.69) is 16.0 Å². The summed E-state index contributed by atoms with van der Waals surface area (Å²) in [4.78, 5) is 43.8. The molecule has 14 nitrogen and oxygen atoms in total. The number of aliphatic hydroxyl groups is 1. The third kappa shape index (κ3) is 9.98. The molecule has 0 fully saturated rings. The third-order valence-electron chi connectivity index (χ3n) is 9.08. The molecule has 0 saturated heterocycles. The van der Waals surface area contributed by atoms with Crippen LogP contribution in [0.2, 0.25) is 0 Å². The molecule has 0 spiro atoms. The van der Waals surface area contributed by atoms with Crippen LogP contribution in [0.15, 0.2) is 60.7 Å². The van der Waals surface area contributed by atoms with Crippen molar-refractivity contribution in [2.75, 3.05) is 63.2 Å². The monoisotopic (exact) mass is 719 g/mol. The predicted octanol–water partition coefficient (Wildman–Crippen LogP) is 6.03. The largest absolute Gasteiger partial charge is 0.497 e. The molecular formula is C38H49N5O9. The topological polar surface area (TPSA) is 160 Å². The second-order valence-corrected chi connectivity index (χ2v) is 13.2. The summed E-state index contributed by atoms with van der Waals surface area (Å²) >= 11 is 0. The SMILES string of the molecule is COc1ccc(NC(=O)N(C)C[C@@H]2OCCCC[C@H](C)Oc3ccc(NC(=O)Nc4ccc5c(c4)OCO5)cc3C(=O)N([C@H](C)CO)C[C@@H]2C)cc1. The van der Waals surface area contributed by atoms with Crippen molar-refractivity contribution in [3.05, 3.63) is 66.2 Å². The zero-order valence-electron chi connectivity index (χ0n) is 30.3. The van der Waals surface area contributed by atoms with E-state index in [1.54, 1.807) is 91.5 Å². The molecule has 3 aromatic rings. The molecule has 0 saturated carbocycles. The van der Waals surface area contributed by atoms with Gasteiger partial charge in [0.15, 0.2) is 11.5 Å². The van der Waals surface area contributed by atoms with Crippen molar-refractivity contribution in [3.63, 3.8) is 0 Å². The molecule has 0 unspecified atom stereocenters. The molecule has 280 valence electrons. The molecule has 52 heavy (non-hydrogen) atoms. The molecule has 4 atom stereocenters. The van der Waals surface area contributed by atoms with Gasteiger partial charge in [-0.05, 0) is 87.7 Å². The van der Waals surface area contributed by atoms with Crippen molar-refractivity contribution >= 4 is 35.0 Å². The number of methoxy groups -OCH3 is 1. The van der Waals surface area contributed by atoms with E-state index in [4.69, 9.17) is 23.7 Å². The molecule has 5 amide bonds. The first-order valence-electron chi connectivity index (χ1n) is 17.5. The number of aliphatic hydroxyl groups excluding tert-OH is 1. The Bertz CT molecular complexity index is 1690. The van der Waals surface area contributed by atoms with Gasteiger partial charge >= 0.3 is 12.1 Å². The molecule has 2 aliphatic rings. The summed E-state index contributed by atoms with van der Waals surface area (Å²) in [6.45, 7) is 6.47. The highest BCUT2D eigenvalue weighted by Gasteiger charge is 2.31. The third-order valence-corrected chi connectivity index (χ3v) is 9.08. The fourth-order valence-corrected chi connectivity index (χ4v) is 5.98. The van der Waals surface area contributed by atoms with Crippen LogP contribution < -0.4 is 34.9 Å². The van der Waals surface area contributed by atoms with Gasteiger partial charge in [-0.15, -0.1) is 0 Å². The van der Waals surface area contributed by atoms with Crippen molar-refractivity contribution in [2.45, 2.75) is 58.3 Å². The van der Waals surface area contributed by atoms with E-state index in [1.165, 1.54) is 0 Å². The predicted molar refractivity (Wildman–Crippen MR) is 197 cm³/mol. The molecule has 4 N–H and O–H groups in total. The number of nitrogens with one attached hydrogen (secondary N) is 3. The number of amides is 5. The van der Waals surface area contributed by atoms with Gasteiger partial charge in [-0.25, -0.2) is 9.59 Å². The smallest absolute Gasteiger partial charge is 0.323 e. The summed E-state index contributed by atoms with van der Waals surface area (Å²) in [6.07, 6.45) is 1.69. The number of hydrogen-bond acceptors (Lipinski definition) is 9. The van der Waals surface area contributed by atoms with Crippen LogP contribution in [0.3, 0.4) is 0 Å². The molecule has 0 bridgehead atoms. The Morgan fingerprint density at radius 2 is 1.62 bits per heavy atom. The van der Waals surface area contributed by atoms with Crippen LogP contribution in [0, 0.1) is 5.92 Å². The second-order valence-electron chi connectivity index (χ2n) is 13.2. The Morgan fingerprint density at radius 3 is 2.33 bits per heavy atom. The average Bonchev–Trinajstić information content (AvgIpc) is 3.61. The van der Waals surface area contributed by atoms with Crippen LogP contribution in [0.4, 0.5) is 26.7 Å². The molecule has 0 aromatic heterocycles. The minimum atomic E-state index is -0.559. The molecule has 2 heterocycles. The van der Waals surface area contributed by atoms with Crippen LogP contribution in [-0.4, -0.2) is 98.4 Å². The molecule has 5 rings (SSSR count). The van der Waals surface area contributed by atoms with Gasteiger partial charge in [-0.2, -0.15) is 0 Å². The standard InChI is InChI=1S/C38H49N5O9/c1-24-20-43(25(2)22-44)36(45)31-18-28(39-37(46)40-29-12-16-33-34(19-29)51-23-50-33)11-15-32(31)52-26(3)8-6-7-17-49-35(24)21-42(4)38(47)41-27-9-13-30(48-5)14-10-27/h9-16,18-19,24-26,35,44H,6-8,17,20-23H2,1-5H3,(H,41,47)(H2,39,40,46)/t24-,25+,26-,35-/m0/s1. The molecule has 0 aliphatic carbocycles. The lowest BCUT2D eigenvalue weighted by Gasteiger charge is -2.35. The summed E-state index contributed by atoms with van der Waals surface area (Å²) in [5, 5.41) is 18.8. The molecule has 3 aromatic carbocycles. The van der Waals surface area contributed by atoms with Crippen LogP contribution in [0.25, 0.3) is 0 Å². The van der Waals surface area contributed by atoms with E-state index in [0.717, 1.165) is 19.3 Å². The number of likely N-dealkylation sites (N-methyl/N-ethyl adjacent to an activating group) is 1. The van der Waals surface area contributed by atoms with Gasteiger partial charge in [0.2, 0.25) is 6.79 Å². The maximum Gasteiger partial charge on any atom is 0.323 e. The number of rotatable bonds is 8. The first-order chi connectivity index (χ1) is 25.0. The Balaban J connectivity index is 1.34. The maximum absolute atomic E-state index is 14.4. The molecule has 0 radical (unpaired) electrons. The Labute approximate surface area is 304 Å². The zero-order chi connectivity index (χ0) is 37.2. The van der Waals surface area contributed by atoms with Crippen LogP contribution >= 0.6 is 0 Å². The summed E-state index contributed by atoms with van der Waals surface area (Å²) in [7, 11) is 3.28. The van der Waals surface area contributed by atoms with Gasteiger partial charge in [0.25, 0.3) is 5.91 Å². The Morgan fingerprint density at radius 1 is 0.942 bits per heavy atom. The highest BCUT2D eigenvalue weighted by Crippen LogP contribution is 2.34. The molecule has 14 heteroatoms. The summed E-state index contributed by atoms with van der Waals surface area (Å²) in [5.74, 6) is 1.57. The van der Waals surface area contributed by atoms with Crippen molar-refractivity contribution in [3.8, 4) is 23.0 Å². The van der Waals surface area contributed by atoms with E-state index in [0.29, 0.717) is 46.7 Å². The van der Waals surface area contributed by atoms with Gasteiger partial charge in [0, 0.05) is 55.8 Å². The minimum absolute atomic E-state index is 0.118. The number of fused-ring (bicyclic) bond motifs is 2. The summed E-state index contributed by atoms with van der Waals surface area (Å²) < 4.78 is 28.6. The van der Waals surface area contributed by atoms with E-state index in [9.17, 15) is 19.5 Å². The lowest BCUT2D eigenvalue weighted by molar-refractivity contribution is -0.0115. The molecular weight excluding hydrogens is 670 g/mol. The number of urea groups is 2. The van der Waals surface area contributed by atoms with Gasteiger partial charge in [-0.3, -0.25) is 4.79 Å². The van der Waals surface area contributed by atoms with E-state index < -0.39 is 18.2 Å². The highest BCUT2D eigenvalue weighted by atomic mass is 16.7. The van der Waals surface area contributed by atoms with Crippen molar-refractivity contribution in [2.24, 2.45) is 5.92 Å². The fourth-order valence-electron chi connectivity index (χ4n) is 5.98. The van der Waals surface area contributed by atoms with Gasteiger partial charge in [-0.1, -0.05) is 6.92 Å². The van der Waals surface area contributed by atoms with E-state index in [1.807, 2.05) is 13.8 Å². The quantitative estimate of drug-likeness (QED) is 0.218. The number of nitrogens with zero attached hydrogens (tertiary/aromatic N) is 2. The molecule has 2 aliphatic heterocycles. The number of anilines is 3. The van der Waals surface area contributed by atoms with E-state index >= 15 is 0 Å². The number of hydrogen-bond donors (Lipinski definition) is 4. The van der Waals surface area contributed by atoms with Gasteiger partial charge in [0.05, 0.1) is 37.5 Å². The lowest BCUT2D eigenvalue weighted by Crippen LogP contribution is -2.48. The average molecular weight is 720 g/mol. The zero-order valence-corrected chi connectivity index (χ0v) is 30.3. The summed E-state index contributed by atoms with van der Waals surface area (Å²) in [5.41, 5.74) is 1.75. The van der Waals surface area contributed by atoms with E-state index in [-0.39, 0.29) is 56.0 Å². The normalized spacial score (nSPS) is 19.7. The van der Waals surface area contributed by atoms with Gasteiger partial charge in [0.1, 0.15) is 11.5 Å². The van der Waals surface area contributed by atoms with Crippen LogP contribution in [0.5, 0.6) is 23.0 Å². The Hall–Kier alpha value is -5.21. The number of ether oxygens (including phenoxy) is 5. The van der Waals surface area contributed by atoms with Crippen molar-refractivity contribution in [1.82, 2.24) is 9.80 Å². The minimum Gasteiger partial charge on any atom is -0.497 e. The number of carbonyl (C=O) groups excluding carboxylic acids is 3. The second kappa shape index (κ2) is 17.8. The first-order valence-corrected chi connectivity index (χ1v) is 17.5. The summed E-state index contributed by atoms with van der Waals surface area (Å²) in [6, 6.07) is 15.7. The van der Waals surface area contributed by atoms with Gasteiger partial charge < -0.3 is 54.5 Å². The lowest BCUT2D eigenvalue weighted by atomic mass is 10.0. The van der Waals surface area contributed by atoms with Crippen molar-refractivity contribution < 1.29 is 43.2 Å². The maximum atomic E-state index is 14.4. The van der Waals surface area contributed by atoms with Crippen LogP contribution in [-0.2, 0) is 4.74 Å². The first kappa shape index (κ1) is 38.0. The number of benzene rings is 3. The van der Waals surface area contributed by atoms with Crippen molar-refractivity contribution in [1.29, 1.82) is 0 Å². The van der Waals surface area contributed by atoms with Crippen LogP contribution in [0.1, 0.15) is 50.4 Å². The Kier molecular flexibility index (Phi) is 13.0. The highest BCUT2D eigenvalue weighted by molar-refractivity contribution is 6.02. The number of carbonyl (C=O) groups is 3.